The van der Waals surface area contributed by atoms with E-state index in [9.17, 15) is 22.7 Å². The average Bonchev–Trinajstić information content (AvgIpc) is 3.14. The van der Waals surface area contributed by atoms with Crippen molar-refractivity contribution < 1.29 is 17.9 Å². The van der Waals surface area contributed by atoms with Gasteiger partial charge in [0.15, 0.2) is 0 Å². The Bertz CT molecular complexity index is 1400. The zero-order valence-electron chi connectivity index (χ0n) is 21.3. The minimum atomic E-state index is -3.46. The number of nitrogens with one attached hydrogen (secondary N) is 1. The number of rotatable bonds is 8. The summed E-state index contributed by atoms with van der Waals surface area (Å²) in [5.41, 5.74) is -0.160. The Hall–Kier alpha value is -3.13. The van der Waals surface area contributed by atoms with E-state index < -0.39 is 27.3 Å². The first-order valence-electron chi connectivity index (χ1n) is 11.9. The van der Waals surface area contributed by atoms with Crippen LogP contribution < -0.4 is 11.0 Å². The van der Waals surface area contributed by atoms with Crippen LogP contribution in [0, 0.1) is 5.82 Å². The number of anilines is 1. The van der Waals surface area contributed by atoms with Crippen LogP contribution in [0.15, 0.2) is 47.5 Å². The molecule has 1 aliphatic heterocycles. The molecule has 1 fully saturated rings. The highest BCUT2D eigenvalue weighted by molar-refractivity contribution is 7.86. The summed E-state index contributed by atoms with van der Waals surface area (Å²) < 4.78 is 43.8. The maximum atomic E-state index is 13.6. The first-order chi connectivity index (χ1) is 17.3. The third kappa shape index (κ3) is 6.06. The molecule has 0 spiro atoms. The van der Waals surface area contributed by atoms with Gasteiger partial charge in [0.1, 0.15) is 5.82 Å². The minimum absolute atomic E-state index is 0.0251. The predicted molar refractivity (Wildman–Crippen MR) is 138 cm³/mol. The van der Waals surface area contributed by atoms with E-state index in [1.807, 2.05) is 0 Å². The zero-order valence-corrected chi connectivity index (χ0v) is 22.1. The van der Waals surface area contributed by atoms with Gasteiger partial charge in [-0.15, -0.1) is 0 Å². The number of piperidine rings is 1. The van der Waals surface area contributed by atoms with Gasteiger partial charge in [-0.2, -0.15) is 17.0 Å². The van der Waals surface area contributed by atoms with E-state index >= 15 is 0 Å². The van der Waals surface area contributed by atoms with Gasteiger partial charge in [0, 0.05) is 45.6 Å². The molecule has 200 valence electrons. The summed E-state index contributed by atoms with van der Waals surface area (Å²) in [6.07, 6.45) is 4.36. The predicted octanol–water partition coefficient (Wildman–Crippen LogP) is 1.69. The summed E-state index contributed by atoms with van der Waals surface area (Å²) in [4.78, 5) is 22.2. The molecule has 2 aromatic heterocycles. The Kier molecular flexibility index (Phi) is 7.51. The number of halogens is 1. The SMILES string of the molecule is CN(C)S(=O)(=O)N1CCC(Nc2nccc(-c3cn(CC(C)(C)O)c(=O)n3-c3ccc(F)cc3)n2)CC1. The molecule has 4 rings (SSSR count). The van der Waals surface area contributed by atoms with Crippen molar-refractivity contribution in [2.75, 3.05) is 32.5 Å². The van der Waals surface area contributed by atoms with Crippen molar-refractivity contribution in [1.29, 1.82) is 0 Å². The molecule has 37 heavy (non-hydrogen) atoms. The van der Waals surface area contributed by atoms with Crippen LogP contribution in [0.1, 0.15) is 26.7 Å². The average molecular weight is 534 g/mol. The highest BCUT2D eigenvalue weighted by Gasteiger charge is 2.30. The molecule has 0 aliphatic carbocycles. The van der Waals surface area contributed by atoms with Crippen molar-refractivity contribution in [2.24, 2.45) is 0 Å². The Morgan fingerprint density at radius 2 is 1.81 bits per heavy atom. The maximum Gasteiger partial charge on any atom is 0.333 e. The van der Waals surface area contributed by atoms with Crippen LogP contribution in [0.25, 0.3) is 17.1 Å². The Morgan fingerprint density at radius 1 is 1.16 bits per heavy atom. The van der Waals surface area contributed by atoms with Crippen LogP contribution in [0.2, 0.25) is 0 Å². The fourth-order valence-corrected chi connectivity index (χ4v) is 5.39. The van der Waals surface area contributed by atoms with Gasteiger partial charge in [-0.3, -0.25) is 9.13 Å². The molecule has 1 aliphatic rings. The van der Waals surface area contributed by atoms with Gasteiger partial charge in [0.2, 0.25) is 5.95 Å². The summed E-state index contributed by atoms with van der Waals surface area (Å²) >= 11 is 0. The van der Waals surface area contributed by atoms with Crippen LogP contribution in [-0.2, 0) is 16.8 Å². The van der Waals surface area contributed by atoms with Gasteiger partial charge in [-0.25, -0.2) is 19.2 Å². The molecule has 0 saturated carbocycles. The number of aliphatic hydroxyl groups is 1. The molecule has 0 atom stereocenters. The van der Waals surface area contributed by atoms with Gasteiger partial charge < -0.3 is 10.4 Å². The third-order valence-corrected chi connectivity index (χ3v) is 8.03. The zero-order chi connectivity index (χ0) is 27.0. The molecule has 0 bridgehead atoms. The summed E-state index contributed by atoms with van der Waals surface area (Å²) in [5.74, 6) is -0.0769. The van der Waals surface area contributed by atoms with Crippen molar-refractivity contribution in [3.8, 4) is 17.1 Å². The van der Waals surface area contributed by atoms with Gasteiger partial charge in [-0.05, 0) is 57.0 Å². The standard InChI is InChI=1S/C24H32FN7O4S/c1-24(2,34)16-30-15-21(32(23(30)33)19-7-5-17(25)6-8-19)20-9-12-26-22(28-20)27-18-10-13-31(14-11-18)37(35,36)29(3)4/h5-9,12,15,18,34H,10-11,13-14,16H2,1-4H3,(H,26,27,28). The lowest BCUT2D eigenvalue weighted by Crippen LogP contribution is -2.46. The Labute approximate surface area is 215 Å². The fourth-order valence-electron chi connectivity index (χ4n) is 4.26. The monoisotopic (exact) mass is 533 g/mol. The summed E-state index contributed by atoms with van der Waals surface area (Å²) in [6.45, 7) is 4.02. The van der Waals surface area contributed by atoms with Crippen LogP contribution in [0.4, 0.5) is 10.3 Å². The molecule has 13 heteroatoms. The molecule has 1 aromatic carbocycles. The second-order valence-corrected chi connectivity index (χ2v) is 12.1. The van der Waals surface area contributed by atoms with Crippen molar-refractivity contribution in [3.05, 3.63) is 59.0 Å². The Balaban J connectivity index is 1.62. The van der Waals surface area contributed by atoms with E-state index in [4.69, 9.17) is 0 Å². The first kappa shape index (κ1) is 26.9. The maximum absolute atomic E-state index is 13.6. The lowest BCUT2D eigenvalue weighted by Gasteiger charge is -2.33. The number of aromatic nitrogens is 4. The number of benzene rings is 1. The first-order valence-corrected chi connectivity index (χ1v) is 13.3. The largest absolute Gasteiger partial charge is 0.389 e. The lowest BCUT2D eigenvalue weighted by molar-refractivity contribution is 0.0604. The van der Waals surface area contributed by atoms with E-state index in [-0.39, 0.29) is 12.6 Å². The summed E-state index contributed by atoms with van der Waals surface area (Å²) in [7, 11) is -0.430. The molecule has 1 saturated heterocycles. The smallest absolute Gasteiger partial charge is 0.333 e. The van der Waals surface area contributed by atoms with Gasteiger partial charge in [0.05, 0.1) is 29.2 Å². The van der Waals surface area contributed by atoms with Gasteiger partial charge >= 0.3 is 5.69 Å². The normalized spacial score (nSPS) is 15.9. The van der Waals surface area contributed by atoms with Crippen LogP contribution in [0.3, 0.4) is 0 Å². The lowest BCUT2D eigenvalue weighted by atomic mass is 10.1. The highest BCUT2D eigenvalue weighted by Crippen LogP contribution is 2.23. The molecule has 11 nitrogen and oxygen atoms in total. The second-order valence-electron chi connectivity index (χ2n) is 9.92. The second kappa shape index (κ2) is 10.3. The third-order valence-electron chi connectivity index (χ3n) is 6.09. The van der Waals surface area contributed by atoms with Crippen molar-refractivity contribution in [3.63, 3.8) is 0 Å². The van der Waals surface area contributed by atoms with Gasteiger partial charge in [-0.1, -0.05) is 0 Å². The van der Waals surface area contributed by atoms with E-state index in [0.717, 1.165) is 0 Å². The van der Waals surface area contributed by atoms with Crippen LogP contribution in [-0.4, -0.2) is 80.1 Å². The number of nitrogens with zero attached hydrogens (tertiary/aromatic N) is 6. The fraction of sp³-hybridized carbons (Fsp3) is 0.458. The summed E-state index contributed by atoms with van der Waals surface area (Å²) in [6, 6.07) is 7.20. The number of hydrogen-bond acceptors (Lipinski definition) is 7. The summed E-state index contributed by atoms with van der Waals surface area (Å²) in [5, 5.41) is 13.6. The van der Waals surface area contributed by atoms with Crippen molar-refractivity contribution >= 4 is 16.2 Å². The van der Waals surface area contributed by atoms with Crippen LogP contribution >= 0.6 is 0 Å². The van der Waals surface area contributed by atoms with E-state index in [2.05, 4.69) is 15.3 Å². The number of imidazole rings is 1. The van der Waals surface area contributed by atoms with Gasteiger partial charge in [0.25, 0.3) is 10.2 Å². The number of hydrogen-bond donors (Lipinski definition) is 2. The molecule has 3 heterocycles. The van der Waals surface area contributed by atoms with E-state index in [1.165, 1.54) is 56.1 Å². The molecule has 3 aromatic rings. The van der Waals surface area contributed by atoms with Crippen molar-refractivity contribution in [2.45, 2.75) is 44.9 Å². The molecule has 0 unspecified atom stereocenters. The van der Waals surface area contributed by atoms with E-state index in [0.29, 0.717) is 49.0 Å². The van der Waals surface area contributed by atoms with Crippen LogP contribution in [0.5, 0.6) is 0 Å². The molecule has 2 N–H and O–H groups in total. The minimum Gasteiger partial charge on any atom is -0.389 e. The highest BCUT2D eigenvalue weighted by atomic mass is 32.2. The quantitative estimate of drug-likeness (QED) is 0.451. The Morgan fingerprint density at radius 3 is 2.41 bits per heavy atom. The molecular weight excluding hydrogens is 501 g/mol. The topological polar surface area (TPSA) is 126 Å². The van der Waals surface area contributed by atoms with E-state index in [1.54, 1.807) is 32.3 Å². The molecule has 0 amide bonds. The molecule has 0 radical (unpaired) electrons. The molecular formula is C24H32FN7O4S. The van der Waals surface area contributed by atoms with Crippen molar-refractivity contribution in [1.82, 2.24) is 27.7 Å².